The Morgan fingerprint density at radius 2 is 1.38 bits per heavy atom. The summed E-state index contributed by atoms with van der Waals surface area (Å²) >= 11 is 0. The minimum absolute atomic E-state index is 0.524. The van der Waals surface area contributed by atoms with E-state index in [9.17, 15) is 0 Å². The van der Waals surface area contributed by atoms with Crippen LogP contribution in [0, 0.1) is 6.92 Å². The molecular formula is C23H24N2O. The van der Waals surface area contributed by atoms with E-state index in [2.05, 4.69) is 55.6 Å². The molecule has 0 aliphatic rings. The van der Waals surface area contributed by atoms with Crippen molar-refractivity contribution < 1.29 is 4.74 Å². The predicted octanol–water partition coefficient (Wildman–Crippen LogP) is 6.36. The molecule has 3 rings (SSSR count). The SMILES string of the molecule is Cc1ccc(NN=Cc2ccc(Oc3ccc(C(C)C)cc3)cc2)cc1. The number of aryl methyl sites for hydroxylation is 1. The number of anilines is 1. The van der Waals surface area contributed by atoms with E-state index >= 15 is 0 Å². The van der Waals surface area contributed by atoms with Crippen LogP contribution >= 0.6 is 0 Å². The molecule has 0 saturated carbocycles. The number of nitrogens with zero attached hydrogens (tertiary/aromatic N) is 1. The van der Waals surface area contributed by atoms with Gasteiger partial charge in [0.1, 0.15) is 11.5 Å². The Labute approximate surface area is 155 Å². The van der Waals surface area contributed by atoms with Crippen molar-refractivity contribution in [3.63, 3.8) is 0 Å². The van der Waals surface area contributed by atoms with Crippen LogP contribution in [0.3, 0.4) is 0 Å². The zero-order valence-corrected chi connectivity index (χ0v) is 15.4. The van der Waals surface area contributed by atoms with Gasteiger partial charge in [-0.3, -0.25) is 5.43 Å². The number of nitrogens with one attached hydrogen (secondary N) is 1. The van der Waals surface area contributed by atoms with Crippen LogP contribution in [0.1, 0.15) is 36.5 Å². The molecule has 3 aromatic carbocycles. The van der Waals surface area contributed by atoms with Gasteiger partial charge in [-0.2, -0.15) is 5.10 Å². The third-order valence-corrected chi connectivity index (χ3v) is 4.12. The maximum atomic E-state index is 5.89. The monoisotopic (exact) mass is 344 g/mol. The smallest absolute Gasteiger partial charge is 0.127 e. The highest BCUT2D eigenvalue weighted by Gasteiger charge is 2.01. The van der Waals surface area contributed by atoms with E-state index in [0.29, 0.717) is 5.92 Å². The van der Waals surface area contributed by atoms with Gasteiger partial charge in [0.25, 0.3) is 0 Å². The van der Waals surface area contributed by atoms with Gasteiger partial charge in [0.2, 0.25) is 0 Å². The maximum absolute atomic E-state index is 5.89. The minimum atomic E-state index is 0.524. The highest BCUT2D eigenvalue weighted by molar-refractivity contribution is 5.80. The van der Waals surface area contributed by atoms with E-state index < -0.39 is 0 Å². The number of hydrogen-bond donors (Lipinski definition) is 1. The van der Waals surface area contributed by atoms with Crippen LogP contribution in [-0.2, 0) is 0 Å². The van der Waals surface area contributed by atoms with E-state index in [4.69, 9.17) is 4.74 Å². The first kappa shape index (κ1) is 17.7. The molecule has 0 aliphatic heterocycles. The van der Waals surface area contributed by atoms with Gasteiger partial charge in [-0.1, -0.05) is 43.7 Å². The second kappa shape index (κ2) is 8.34. The van der Waals surface area contributed by atoms with Crippen molar-refractivity contribution in [3.8, 4) is 11.5 Å². The van der Waals surface area contributed by atoms with Gasteiger partial charge in [-0.15, -0.1) is 0 Å². The maximum Gasteiger partial charge on any atom is 0.127 e. The number of hydrogen-bond acceptors (Lipinski definition) is 3. The lowest BCUT2D eigenvalue weighted by Crippen LogP contribution is -1.91. The van der Waals surface area contributed by atoms with Crippen LogP contribution in [0.2, 0.25) is 0 Å². The first-order chi connectivity index (χ1) is 12.6. The van der Waals surface area contributed by atoms with Crippen LogP contribution in [0.5, 0.6) is 11.5 Å². The van der Waals surface area contributed by atoms with Crippen molar-refractivity contribution in [1.82, 2.24) is 0 Å². The zero-order chi connectivity index (χ0) is 18.4. The molecule has 0 spiro atoms. The molecule has 0 aromatic heterocycles. The van der Waals surface area contributed by atoms with Crippen LogP contribution < -0.4 is 10.2 Å². The first-order valence-corrected chi connectivity index (χ1v) is 8.84. The van der Waals surface area contributed by atoms with Crippen LogP contribution in [0.15, 0.2) is 77.9 Å². The summed E-state index contributed by atoms with van der Waals surface area (Å²) in [4.78, 5) is 0. The van der Waals surface area contributed by atoms with E-state index in [0.717, 1.165) is 22.7 Å². The summed E-state index contributed by atoms with van der Waals surface area (Å²) in [6, 6.07) is 24.2. The largest absolute Gasteiger partial charge is 0.457 e. The van der Waals surface area contributed by atoms with Crippen molar-refractivity contribution in [2.45, 2.75) is 26.7 Å². The van der Waals surface area contributed by atoms with Gasteiger partial charge in [-0.05, 0) is 72.5 Å². The molecule has 3 aromatic rings. The van der Waals surface area contributed by atoms with Gasteiger partial charge in [0.15, 0.2) is 0 Å². The normalized spacial score (nSPS) is 11.1. The lowest BCUT2D eigenvalue weighted by molar-refractivity contribution is 0.482. The fraction of sp³-hybridized carbons (Fsp3) is 0.174. The van der Waals surface area contributed by atoms with Crippen molar-refractivity contribution in [2.24, 2.45) is 5.10 Å². The van der Waals surface area contributed by atoms with E-state index in [1.165, 1.54) is 11.1 Å². The molecule has 3 nitrogen and oxygen atoms in total. The molecule has 0 atom stereocenters. The molecule has 0 unspecified atom stereocenters. The fourth-order valence-corrected chi connectivity index (χ4v) is 2.49. The Morgan fingerprint density at radius 3 is 1.96 bits per heavy atom. The average molecular weight is 344 g/mol. The van der Waals surface area contributed by atoms with Gasteiger partial charge in [0, 0.05) is 0 Å². The highest BCUT2D eigenvalue weighted by atomic mass is 16.5. The predicted molar refractivity (Wildman–Crippen MR) is 109 cm³/mol. The van der Waals surface area contributed by atoms with Crippen molar-refractivity contribution >= 4 is 11.9 Å². The summed E-state index contributed by atoms with van der Waals surface area (Å²) in [7, 11) is 0. The van der Waals surface area contributed by atoms with Crippen LogP contribution in [0.4, 0.5) is 5.69 Å². The number of rotatable bonds is 6. The van der Waals surface area contributed by atoms with Crippen molar-refractivity contribution in [3.05, 3.63) is 89.5 Å². The Bertz CT molecular complexity index is 848. The molecule has 26 heavy (non-hydrogen) atoms. The second-order valence-corrected chi connectivity index (χ2v) is 6.63. The minimum Gasteiger partial charge on any atom is -0.457 e. The Hall–Kier alpha value is -3.07. The van der Waals surface area contributed by atoms with Crippen LogP contribution in [0.25, 0.3) is 0 Å². The van der Waals surface area contributed by atoms with Gasteiger partial charge >= 0.3 is 0 Å². The Balaban J connectivity index is 1.57. The molecule has 0 saturated heterocycles. The first-order valence-electron chi connectivity index (χ1n) is 8.84. The third kappa shape index (κ3) is 4.96. The third-order valence-electron chi connectivity index (χ3n) is 4.12. The highest BCUT2D eigenvalue weighted by Crippen LogP contribution is 2.24. The summed E-state index contributed by atoms with van der Waals surface area (Å²) in [5.41, 5.74) is 7.54. The summed E-state index contributed by atoms with van der Waals surface area (Å²) < 4.78 is 5.89. The molecule has 3 heteroatoms. The molecule has 0 amide bonds. The lowest BCUT2D eigenvalue weighted by atomic mass is 10.0. The quantitative estimate of drug-likeness (QED) is 0.417. The molecule has 132 valence electrons. The number of ether oxygens (including phenoxy) is 1. The van der Waals surface area contributed by atoms with Gasteiger partial charge in [-0.25, -0.2) is 0 Å². The summed E-state index contributed by atoms with van der Waals surface area (Å²) in [5.74, 6) is 2.18. The van der Waals surface area contributed by atoms with Gasteiger partial charge in [0.05, 0.1) is 11.9 Å². The fourth-order valence-electron chi connectivity index (χ4n) is 2.49. The summed E-state index contributed by atoms with van der Waals surface area (Å²) in [5, 5.41) is 4.27. The molecule has 0 radical (unpaired) electrons. The number of hydrazone groups is 1. The standard InChI is InChI=1S/C23H24N2O/c1-17(2)20-8-14-23(15-9-20)26-22-12-6-19(7-13-22)16-24-25-21-10-4-18(3)5-11-21/h4-17,25H,1-3H3. The lowest BCUT2D eigenvalue weighted by Gasteiger charge is -2.08. The van der Waals surface area contributed by atoms with Crippen LogP contribution in [-0.4, -0.2) is 6.21 Å². The molecule has 0 bridgehead atoms. The summed E-state index contributed by atoms with van der Waals surface area (Å²) in [6.45, 7) is 6.43. The van der Waals surface area contributed by atoms with E-state index in [-0.39, 0.29) is 0 Å². The summed E-state index contributed by atoms with van der Waals surface area (Å²) in [6.07, 6.45) is 1.79. The van der Waals surface area contributed by atoms with Gasteiger partial charge < -0.3 is 4.74 Å². The van der Waals surface area contributed by atoms with E-state index in [1.807, 2.05) is 48.5 Å². The molecular weight excluding hydrogens is 320 g/mol. The molecule has 0 heterocycles. The topological polar surface area (TPSA) is 33.6 Å². The van der Waals surface area contributed by atoms with Crippen molar-refractivity contribution in [2.75, 3.05) is 5.43 Å². The average Bonchev–Trinajstić information content (AvgIpc) is 2.65. The second-order valence-electron chi connectivity index (χ2n) is 6.63. The van der Waals surface area contributed by atoms with E-state index in [1.54, 1.807) is 6.21 Å². The molecule has 1 N–H and O–H groups in total. The Morgan fingerprint density at radius 1 is 0.808 bits per heavy atom. The molecule has 0 fully saturated rings. The van der Waals surface area contributed by atoms with Crippen molar-refractivity contribution in [1.29, 1.82) is 0 Å². The number of benzene rings is 3. The Kier molecular flexibility index (Phi) is 5.69. The molecule has 0 aliphatic carbocycles. The zero-order valence-electron chi connectivity index (χ0n) is 15.4.